The first-order chi connectivity index (χ1) is 4.66. The predicted molar refractivity (Wildman–Crippen MR) is 43.2 cm³/mol. The molecule has 0 saturated carbocycles. The first-order valence-electron chi connectivity index (χ1n) is 3.11. The van der Waals surface area contributed by atoms with Crippen molar-refractivity contribution in [3.05, 3.63) is 16.2 Å². The molecule has 0 saturated heterocycles. The normalized spacial score (nSPS) is 10.3. The number of nitrogens with zero attached hydrogens (tertiary/aromatic N) is 1. The first kappa shape index (κ1) is 7.50. The Hall–Kier alpha value is -0.610. The first-order valence-corrected chi connectivity index (χ1v) is 3.52. The van der Waals surface area contributed by atoms with Crippen molar-refractivity contribution >= 4 is 12.2 Å². The minimum atomic E-state index is 0.537. The van der Waals surface area contributed by atoms with E-state index in [0.29, 0.717) is 6.54 Å². The SMILES string of the molecule is Cc1[nH]c(=S)n(C)c1CN. The third-order valence-electron chi connectivity index (χ3n) is 1.63. The number of hydrogen-bond donors (Lipinski definition) is 2. The minimum absolute atomic E-state index is 0.537. The monoisotopic (exact) mass is 157 g/mol. The molecular weight excluding hydrogens is 146 g/mol. The second-order valence-corrected chi connectivity index (χ2v) is 2.65. The van der Waals surface area contributed by atoms with Gasteiger partial charge in [0.05, 0.1) is 5.69 Å². The average molecular weight is 157 g/mol. The fraction of sp³-hybridized carbons (Fsp3) is 0.500. The Labute approximate surface area is 64.9 Å². The Morgan fingerprint density at radius 1 is 1.70 bits per heavy atom. The molecule has 0 amide bonds. The van der Waals surface area contributed by atoms with Crippen molar-refractivity contribution in [2.45, 2.75) is 13.5 Å². The van der Waals surface area contributed by atoms with Crippen molar-refractivity contribution in [3.8, 4) is 0 Å². The Bertz CT molecular complexity index is 284. The summed E-state index contributed by atoms with van der Waals surface area (Å²) in [5, 5.41) is 0. The van der Waals surface area contributed by atoms with Gasteiger partial charge in [-0.1, -0.05) is 0 Å². The maximum atomic E-state index is 5.48. The topological polar surface area (TPSA) is 46.7 Å². The lowest BCUT2D eigenvalue weighted by atomic mass is 10.3. The highest BCUT2D eigenvalue weighted by Gasteiger charge is 2.01. The summed E-state index contributed by atoms with van der Waals surface area (Å²) in [5.74, 6) is 0. The Morgan fingerprint density at radius 3 is 2.50 bits per heavy atom. The smallest absolute Gasteiger partial charge is 0.177 e. The lowest BCUT2D eigenvalue weighted by Crippen LogP contribution is -2.04. The van der Waals surface area contributed by atoms with Gasteiger partial charge in [-0.05, 0) is 19.1 Å². The number of imidazole rings is 1. The average Bonchev–Trinajstić information content (AvgIpc) is 2.09. The molecule has 0 aliphatic carbocycles. The van der Waals surface area contributed by atoms with E-state index in [2.05, 4.69) is 4.98 Å². The van der Waals surface area contributed by atoms with Gasteiger partial charge in [-0.2, -0.15) is 0 Å². The van der Waals surface area contributed by atoms with Crippen LogP contribution in [-0.4, -0.2) is 9.55 Å². The molecule has 0 aliphatic heterocycles. The van der Waals surface area contributed by atoms with Gasteiger partial charge in [-0.3, -0.25) is 0 Å². The maximum absolute atomic E-state index is 5.48. The minimum Gasteiger partial charge on any atom is -0.335 e. The highest BCUT2D eigenvalue weighted by Crippen LogP contribution is 2.03. The Balaban J connectivity index is 3.34. The number of hydrogen-bond acceptors (Lipinski definition) is 2. The highest BCUT2D eigenvalue weighted by atomic mass is 32.1. The van der Waals surface area contributed by atoms with Crippen LogP contribution in [0.3, 0.4) is 0 Å². The van der Waals surface area contributed by atoms with Crippen LogP contribution in [0, 0.1) is 11.7 Å². The van der Waals surface area contributed by atoms with Gasteiger partial charge >= 0.3 is 0 Å². The van der Waals surface area contributed by atoms with Crippen LogP contribution in [0.1, 0.15) is 11.4 Å². The van der Waals surface area contributed by atoms with Crippen LogP contribution in [0.4, 0.5) is 0 Å². The molecule has 0 radical (unpaired) electrons. The van der Waals surface area contributed by atoms with Gasteiger partial charge in [0.2, 0.25) is 0 Å². The zero-order valence-corrected chi connectivity index (χ0v) is 6.96. The summed E-state index contributed by atoms with van der Waals surface area (Å²) < 4.78 is 2.63. The summed E-state index contributed by atoms with van der Waals surface area (Å²) in [4.78, 5) is 3.02. The van der Waals surface area contributed by atoms with Crippen molar-refractivity contribution < 1.29 is 0 Å². The van der Waals surface area contributed by atoms with Crippen LogP contribution in [0.15, 0.2) is 0 Å². The number of aryl methyl sites for hydroxylation is 1. The standard InChI is InChI=1S/C6H11N3S/c1-4-5(3-7)9(2)6(10)8-4/h3,7H2,1-2H3,(H,8,10). The molecule has 56 valence electrons. The van der Waals surface area contributed by atoms with Crippen LogP contribution in [0.2, 0.25) is 0 Å². The summed E-state index contributed by atoms with van der Waals surface area (Å²) in [6.07, 6.45) is 0. The number of aromatic amines is 1. The van der Waals surface area contributed by atoms with E-state index in [1.807, 2.05) is 18.5 Å². The molecule has 3 N–H and O–H groups in total. The summed E-state index contributed by atoms with van der Waals surface area (Å²) in [5.41, 5.74) is 7.62. The second-order valence-electron chi connectivity index (χ2n) is 2.26. The molecule has 10 heavy (non-hydrogen) atoms. The van der Waals surface area contributed by atoms with E-state index in [4.69, 9.17) is 18.0 Å². The number of aromatic nitrogens is 2. The Morgan fingerprint density at radius 2 is 2.30 bits per heavy atom. The highest BCUT2D eigenvalue weighted by molar-refractivity contribution is 7.71. The van der Waals surface area contributed by atoms with E-state index in [1.54, 1.807) is 0 Å². The van der Waals surface area contributed by atoms with Crippen molar-refractivity contribution in [2.24, 2.45) is 12.8 Å². The molecular formula is C6H11N3S. The van der Waals surface area contributed by atoms with Crippen LogP contribution in [-0.2, 0) is 13.6 Å². The van der Waals surface area contributed by atoms with Gasteiger partial charge < -0.3 is 15.3 Å². The molecule has 4 heteroatoms. The lowest BCUT2D eigenvalue weighted by molar-refractivity contribution is 0.805. The van der Waals surface area contributed by atoms with Gasteiger partial charge in [0.15, 0.2) is 4.77 Å². The molecule has 0 aromatic carbocycles. The van der Waals surface area contributed by atoms with Gasteiger partial charge in [0.25, 0.3) is 0 Å². The molecule has 1 aromatic rings. The van der Waals surface area contributed by atoms with Crippen molar-refractivity contribution in [1.82, 2.24) is 9.55 Å². The molecule has 1 aromatic heterocycles. The van der Waals surface area contributed by atoms with Crippen molar-refractivity contribution in [1.29, 1.82) is 0 Å². The number of rotatable bonds is 1. The van der Waals surface area contributed by atoms with Gasteiger partial charge in [0, 0.05) is 19.3 Å². The van der Waals surface area contributed by atoms with Crippen LogP contribution >= 0.6 is 12.2 Å². The van der Waals surface area contributed by atoms with Crippen molar-refractivity contribution in [3.63, 3.8) is 0 Å². The summed E-state index contributed by atoms with van der Waals surface area (Å²) in [7, 11) is 1.91. The van der Waals surface area contributed by atoms with Gasteiger partial charge in [0.1, 0.15) is 0 Å². The third kappa shape index (κ3) is 0.998. The number of nitrogens with two attached hydrogens (primary N) is 1. The summed E-state index contributed by atoms with van der Waals surface area (Å²) >= 11 is 4.98. The predicted octanol–water partition coefficient (Wildman–Crippen LogP) is 0.850. The van der Waals surface area contributed by atoms with Crippen LogP contribution < -0.4 is 5.73 Å². The van der Waals surface area contributed by atoms with Gasteiger partial charge in [-0.25, -0.2) is 0 Å². The third-order valence-corrected chi connectivity index (χ3v) is 2.01. The molecule has 0 atom stereocenters. The molecule has 1 heterocycles. The quantitative estimate of drug-likeness (QED) is 0.594. The number of nitrogens with one attached hydrogen (secondary N) is 1. The molecule has 0 bridgehead atoms. The van der Waals surface area contributed by atoms with E-state index in [1.165, 1.54) is 0 Å². The largest absolute Gasteiger partial charge is 0.335 e. The van der Waals surface area contributed by atoms with E-state index in [-0.39, 0.29) is 0 Å². The summed E-state index contributed by atoms with van der Waals surface area (Å²) in [6.45, 7) is 2.51. The molecule has 0 aliphatic rings. The second kappa shape index (κ2) is 2.56. The summed E-state index contributed by atoms with van der Waals surface area (Å²) in [6, 6.07) is 0. The van der Waals surface area contributed by atoms with E-state index >= 15 is 0 Å². The van der Waals surface area contributed by atoms with E-state index in [9.17, 15) is 0 Å². The van der Waals surface area contributed by atoms with E-state index < -0.39 is 0 Å². The fourth-order valence-corrected chi connectivity index (χ4v) is 1.24. The van der Waals surface area contributed by atoms with Gasteiger partial charge in [-0.15, -0.1) is 0 Å². The van der Waals surface area contributed by atoms with Crippen LogP contribution in [0.5, 0.6) is 0 Å². The fourth-order valence-electron chi connectivity index (χ4n) is 0.981. The number of H-pyrrole nitrogens is 1. The molecule has 0 fully saturated rings. The van der Waals surface area contributed by atoms with Crippen molar-refractivity contribution in [2.75, 3.05) is 0 Å². The van der Waals surface area contributed by atoms with E-state index in [0.717, 1.165) is 16.2 Å². The molecule has 3 nitrogen and oxygen atoms in total. The Kier molecular flexibility index (Phi) is 1.92. The zero-order valence-electron chi connectivity index (χ0n) is 6.14. The zero-order chi connectivity index (χ0) is 7.72. The lowest BCUT2D eigenvalue weighted by Gasteiger charge is -1.97. The maximum Gasteiger partial charge on any atom is 0.177 e. The molecule has 1 rings (SSSR count). The van der Waals surface area contributed by atoms with Crippen LogP contribution in [0.25, 0.3) is 0 Å². The molecule has 0 unspecified atom stereocenters. The molecule has 0 spiro atoms.